The van der Waals surface area contributed by atoms with Gasteiger partial charge in [-0.1, -0.05) is 38.1 Å². The standard InChI is InChI=1S/C22H29FN4O.HI/c1-14(2)21(28)27-19-10-7-17(8-11-19)13-25-22(24-5)26-16(4)18-9-6-15(3)20(23)12-18;/h6-12,14,16H,13H2,1-5H3,(H,27,28)(H2,24,25,26);1H. The molecule has 0 radical (unpaired) electrons. The molecule has 0 saturated carbocycles. The van der Waals surface area contributed by atoms with Gasteiger partial charge in [-0.2, -0.15) is 0 Å². The zero-order chi connectivity index (χ0) is 20.7. The molecule has 0 heterocycles. The lowest BCUT2D eigenvalue weighted by Gasteiger charge is -2.19. The molecular formula is C22H30FIN4O. The second kappa shape index (κ2) is 11.7. The van der Waals surface area contributed by atoms with Crippen LogP contribution in [0.4, 0.5) is 10.1 Å². The van der Waals surface area contributed by atoms with Crippen LogP contribution in [0.5, 0.6) is 0 Å². The topological polar surface area (TPSA) is 65.5 Å². The zero-order valence-corrected chi connectivity index (χ0v) is 19.9. The summed E-state index contributed by atoms with van der Waals surface area (Å²) in [4.78, 5) is 16.0. The Balaban J connectivity index is 0.00000420. The molecule has 2 aromatic rings. The number of hydrogen-bond acceptors (Lipinski definition) is 2. The summed E-state index contributed by atoms with van der Waals surface area (Å²) >= 11 is 0. The predicted octanol–water partition coefficient (Wildman–Crippen LogP) is 4.77. The smallest absolute Gasteiger partial charge is 0.226 e. The minimum Gasteiger partial charge on any atom is -0.352 e. The van der Waals surface area contributed by atoms with Crippen molar-refractivity contribution >= 4 is 41.5 Å². The lowest BCUT2D eigenvalue weighted by Crippen LogP contribution is -2.38. The van der Waals surface area contributed by atoms with Gasteiger partial charge in [0, 0.05) is 25.2 Å². The molecule has 5 nitrogen and oxygen atoms in total. The normalized spacial score (nSPS) is 12.2. The van der Waals surface area contributed by atoms with Crippen molar-refractivity contribution < 1.29 is 9.18 Å². The number of nitrogens with one attached hydrogen (secondary N) is 3. The minimum absolute atomic E-state index is 0. The van der Waals surface area contributed by atoms with Crippen LogP contribution in [0.1, 0.15) is 43.5 Å². The Morgan fingerprint density at radius 1 is 1.10 bits per heavy atom. The molecule has 0 aromatic heterocycles. The van der Waals surface area contributed by atoms with Crippen molar-refractivity contribution in [1.29, 1.82) is 0 Å². The van der Waals surface area contributed by atoms with Crippen LogP contribution >= 0.6 is 24.0 Å². The Morgan fingerprint density at radius 2 is 1.76 bits per heavy atom. The number of nitrogens with zero attached hydrogens (tertiary/aromatic N) is 1. The number of hydrogen-bond donors (Lipinski definition) is 3. The second-order valence-electron chi connectivity index (χ2n) is 7.14. The Bertz CT molecular complexity index is 837. The van der Waals surface area contributed by atoms with Crippen molar-refractivity contribution in [3.05, 3.63) is 65.0 Å². The number of benzene rings is 2. The summed E-state index contributed by atoms with van der Waals surface area (Å²) in [5, 5.41) is 9.38. The third-order valence-electron chi connectivity index (χ3n) is 4.48. The number of aliphatic imine (C=N–C) groups is 1. The fourth-order valence-corrected chi connectivity index (χ4v) is 2.54. The Kier molecular flexibility index (Phi) is 10.1. The highest BCUT2D eigenvalue weighted by atomic mass is 127. The van der Waals surface area contributed by atoms with Crippen molar-refractivity contribution in [2.24, 2.45) is 10.9 Å². The summed E-state index contributed by atoms with van der Waals surface area (Å²) in [6.07, 6.45) is 0. The molecule has 0 aliphatic heterocycles. The maximum atomic E-state index is 13.8. The molecule has 1 atom stereocenters. The van der Waals surface area contributed by atoms with Crippen LogP contribution in [0.3, 0.4) is 0 Å². The number of carbonyl (C=O) groups is 1. The van der Waals surface area contributed by atoms with Gasteiger partial charge in [-0.05, 0) is 48.7 Å². The summed E-state index contributed by atoms with van der Waals surface area (Å²) in [5.41, 5.74) is 3.32. The molecule has 3 N–H and O–H groups in total. The van der Waals surface area contributed by atoms with E-state index in [1.54, 1.807) is 26.1 Å². The third-order valence-corrected chi connectivity index (χ3v) is 4.48. The first-order valence-corrected chi connectivity index (χ1v) is 9.43. The largest absolute Gasteiger partial charge is 0.352 e. The monoisotopic (exact) mass is 512 g/mol. The van der Waals surface area contributed by atoms with Gasteiger partial charge in [0.2, 0.25) is 5.91 Å². The maximum Gasteiger partial charge on any atom is 0.226 e. The molecule has 158 valence electrons. The molecule has 2 rings (SSSR count). The van der Waals surface area contributed by atoms with E-state index in [0.717, 1.165) is 16.8 Å². The molecule has 1 unspecified atom stereocenters. The highest BCUT2D eigenvalue weighted by Crippen LogP contribution is 2.16. The van der Waals surface area contributed by atoms with E-state index in [-0.39, 0.29) is 47.7 Å². The van der Waals surface area contributed by atoms with Gasteiger partial charge in [-0.15, -0.1) is 24.0 Å². The molecule has 0 bridgehead atoms. The second-order valence-corrected chi connectivity index (χ2v) is 7.14. The highest BCUT2D eigenvalue weighted by molar-refractivity contribution is 14.0. The van der Waals surface area contributed by atoms with Gasteiger partial charge in [0.25, 0.3) is 0 Å². The molecule has 0 spiro atoms. The van der Waals surface area contributed by atoms with E-state index in [1.807, 2.05) is 51.1 Å². The number of rotatable bonds is 6. The van der Waals surface area contributed by atoms with Crippen LogP contribution in [0.15, 0.2) is 47.5 Å². The van der Waals surface area contributed by atoms with Crippen LogP contribution in [-0.4, -0.2) is 18.9 Å². The van der Waals surface area contributed by atoms with Crippen molar-refractivity contribution in [3.63, 3.8) is 0 Å². The van der Waals surface area contributed by atoms with Crippen LogP contribution in [-0.2, 0) is 11.3 Å². The van der Waals surface area contributed by atoms with E-state index < -0.39 is 0 Å². The fourth-order valence-electron chi connectivity index (χ4n) is 2.54. The van der Waals surface area contributed by atoms with Gasteiger partial charge < -0.3 is 16.0 Å². The number of carbonyl (C=O) groups excluding carboxylic acids is 1. The number of aryl methyl sites for hydroxylation is 1. The van der Waals surface area contributed by atoms with Gasteiger partial charge in [-0.3, -0.25) is 9.79 Å². The van der Waals surface area contributed by atoms with Crippen molar-refractivity contribution in [3.8, 4) is 0 Å². The van der Waals surface area contributed by atoms with Gasteiger partial charge in [-0.25, -0.2) is 4.39 Å². The summed E-state index contributed by atoms with van der Waals surface area (Å²) in [6.45, 7) is 8.00. The first-order chi connectivity index (χ1) is 13.3. The molecule has 1 amide bonds. The zero-order valence-electron chi connectivity index (χ0n) is 17.5. The third kappa shape index (κ3) is 7.64. The van der Waals surface area contributed by atoms with E-state index >= 15 is 0 Å². The van der Waals surface area contributed by atoms with Crippen LogP contribution < -0.4 is 16.0 Å². The van der Waals surface area contributed by atoms with Crippen molar-refractivity contribution in [2.45, 2.75) is 40.3 Å². The van der Waals surface area contributed by atoms with Gasteiger partial charge in [0.15, 0.2) is 5.96 Å². The highest BCUT2D eigenvalue weighted by Gasteiger charge is 2.10. The number of amides is 1. The van der Waals surface area contributed by atoms with Crippen LogP contribution in [0, 0.1) is 18.7 Å². The number of halogens is 2. The summed E-state index contributed by atoms with van der Waals surface area (Å²) < 4.78 is 13.8. The van der Waals surface area contributed by atoms with Gasteiger partial charge in [0.1, 0.15) is 5.82 Å². The summed E-state index contributed by atoms with van der Waals surface area (Å²) in [5.74, 6) is 0.362. The SMILES string of the molecule is CN=C(NCc1ccc(NC(=O)C(C)C)cc1)NC(C)c1ccc(C)c(F)c1.I. The van der Waals surface area contributed by atoms with Gasteiger partial charge in [0.05, 0.1) is 6.04 Å². The minimum atomic E-state index is -0.209. The maximum absolute atomic E-state index is 13.8. The lowest BCUT2D eigenvalue weighted by atomic mass is 10.1. The fraction of sp³-hybridized carbons (Fsp3) is 0.364. The van der Waals surface area contributed by atoms with Crippen molar-refractivity contribution in [1.82, 2.24) is 10.6 Å². The molecule has 0 saturated heterocycles. The Hall–Kier alpha value is -2.16. The van der Waals surface area contributed by atoms with Crippen LogP contribution in [0.2, 0.25) is 0 Å². The van der Waals surface area contributed by atoms with E-state index in [2.05, 4.69) is 20.9 Å². The first-order valence-electron chi connectivity index (χ1n) is 9.43. The molecule has 2 aromatic carbocycles. The molecular weight excluding hydrogens is 482 g/mol. The van der Waals surface area contributed by atoms with E-state index in [1.165, 1.54) is 0 Å². The van der Waals surface area contributed by atoms with E-state index in [4.69, 9.17) is 0 Å². The first kappa shape index (κ1) is 24.9. The number of guanidine groups is 1. The molecule has 29 heavy (non-hydrogen) atoms. The average Bonchev–Trinajstić information content (AvgIpc) is 2.68. The molecule has 7 heteroatoms. The predicted molar refractivity (Wildman–Crippen MR) is 128 cm³/mol. The van der Waals surface area contributed by atoms with E-state index in [9.17, 15) is 9.18 Å². The summed E-state index contributed by atoms with van der Waals surface area (Å²) in [6, 6.07) is 12.8. The van der Waals surface area contributed by atoms with Gasteiger partial charge >= 0.3 is 0 Å². The molecule has 0 fully saturated rings. The average molecular weight is 512 g/mol. The lowest BCUT2D eigenvalue weighted by molar-refractivity contribution is -0.118. The van der Waals surface area contributed by atoms with E-state index in [0.29, 0.717) is 18.1 Å². The quantitative estimate of drug-likeness (QED) is 0.297. The Labute approximate surface area is 189 Å². The molecule has 0 aliphatic rings. The van der Waals surface area contributed by atoms with Crippen molar-refractivity contribution in [2.75, 3.05) is 12.4 Å². The molecule has 0 aliphatic carbocycles. The van der Waals surface area contributed by atoms with Crippen LogP contribution in [0.25, 0.3) is 0 Å². The number of anilines is 1. The Morgan fingerprint density at radius 3 is 2.31 bits per heavy atom. The summed E-state index contributed by atoms with van der Waals surface area (Å²) in [7, 11) is 1.70.